The Morgan fingerprint density at radius 2 is 0.797 bits per heavy atom. The summed E-state index contributed by atoms with van der Waals surface area (Å²) in [5.74, 6) is 1.75. The molecule has 0 N–H and O–H groups in total. The molecule has 0 aliphatic rings. The van der Waals surface area contributed by atoms with Crippen LogP contribution in [0.2, 0.25) is 0 Å². The van der Waals surface area contributed by atoms with Gasteiger partial charge in [-0.3, -0.25) is 0 Å². The van der Waals surface area contributed by atoms with E-state index in [0.717, 1.165) is 72.1 Å². The Kier molecular flexibility index (Phi) is 8.87. The largest absolute Gasteiger partial charge is 0.455 e. The number of benzene rings is 10. The van der Waals surface area contributed by atoms with Gasteiger partial charge < -0.3 is 8.98 Å². The summed E-state index contributed by atoms with van der Waals surface area (Å²) in [6.45, 7) is 4.00. The summed E-state index contributed by atoms with van der Waals surface area (Å²) in [5.41, 5.74) is 12.1. The van der Waals surface area contributed by atoms with Gasteiger partial charge >= 0.3 is 0 Å². The Hall–Kier alpha value is -8.41. The average molecular weight is 821 g/mol. The van der Waals surface area contributed by atoms with E-state index in [1.54, 1.807) is 0 Å². The number of furan rings is 1. The van der Waals surface area contributed by atoms with Crippen molar-refractivity contribution in [2.75, 3.05) is 0 Å². The fraction of sp³-hybridized carbons (Fsp3) is 0.0339. The zero-order chi connectivity index (χ0) is 42.7. The number of hydrogen-bond donors (Lipinski definition) is 0. The van der Waals surface area contributed by atoms with Gasteiger partial charge in [0.25, 0.3) is 0 Å². The number of hydrogen-bond acceptors (Lipinski definition) is 4. The minimum atomic E-state index is 0.552. The van der Waals surface area contributed by atoms with Gasteiger partial charge in [0, 0.05) is 49.5 Å². The molecule has 64 heavy (non-hydrogen) atoms. The molecule has 0 radical (unpaired) electrons. The lowest BCUT2D eigenvalue weighted by atomic mass is 9.91. The fourth-order valence-corrected chi connectivity index (χ4v) is 9.64. The van der Waals surface area contributed by atoms with Crippen molar-refractivity contribution in [1.29, 1.82) is 0 Å². The SMILES string of the molecule is CC.c1ccc(-c2ccc(-c3nc(-c4ccccc4)nc(-c4cccc5c4oc4c(-c6ccc7c8ccccc8c8cccc9c8c7c6n9-c6ccccc6)cccc45)n3)cc2)cc1. The van der Waals surface area contributed by atoms with Crippen molar-refractivity contribution < 1.29 is 4.42 Å². The second-order valence-electron chi connectivity index (χ2n) is 15.9. The Balaban J connectivity index is 0.00000214. The molecule has 0 spiro atoms. The first-order valence-corrected chi connectivity index (χ1v) is 21.9. The standard InChI is InChI=1S/C57H34N4O.C2H6/c1-4-15-35(16-5-1)36-29-31-38(32-30-36)56-58-55(37-17-6-2-7-18-37)59-57(60-56)48-27-13-26-47-46-25-12-24-45(53(46)62-54(47)48)44-34-33-43-41-22-11-10-21-40(41)42-23-14-28-49-50(42)51(43)52(44)61(49)39-19-8-3-9-20-39;1-2/h1-34H;1-2H3. The van der Waals surface area contributed by atoms with Crippen molar-refractivity contribution in [1.82, 2.24) is 19.5 Å². The highest BCUT2D eigenvalue weighted by Gasteiger charge is 2.25. The Labute approximate surface area is 369 Å². The van der Waals surface area contributed by atoms with Crippen molar-refractivity contribution in [2.45, 2.75) is 13.8 Å². The quantitative estimate of drug-likeness (QED) is 0.157. The number of rotatable bonds is 6. The van der Waals surface area contributed by atoms with E-state index >= 15 is 0 Å². The van der Waals surface area contributed by atoms with E-state index < -0.39 is 0 Å². The van der Waals surface area contributed by atoms with Crippen LogP contribution < -0.4 is 0 Å². The van der Waals surface area contributed by atoms with Crippen molar-refractivity contribution >= 4 is 65.3 Å². The topological polar surface area (TPSA) is 56.7 Å². The average Bonchev–Trinajstić information content (AvgIpc) is 3.95. The third-order valence-corrected chi connectivity index (χ3v) is 12.4. The molecule has 13 rings (SSSR count). The number of para-hydroxylation sites is 3. The Morgan fingerprint density at radius 1 is 0.328 bits per heavy atom. The minimum Gasteiger partial charge on any atom is -0.455 e. The van der Waals surface area contributed by atoms with Gasteiger partial charge in [0.1, 0.15) is 11.2 Å². The summed E-state index contributed by atoms with van der Waals surface area (Å²) < 4.78 is 9.60. The monoisotopic (exact) mass is 820 g/mol. The Morgan fingerprint density at radius 3 is 1.47 bits per heavy atom. The lowest BCUT2D eigenvalue weighted by Gasteiger charge is -2.13. The molecule has 302 valence electrons. The molecule has 3 aromatic heterocycles. The van der Waals surface area contributed by atoms with E-state index in [9.17, 15) is 0 Å². The van der Waals surface area contributed by atoms with Gasteiger partial charge in [-0.05, 0) is 56.9 Å². The Bertz CT molecular complexity index is 3830. The first kappa shape index (κ1) is 37.4. The van der Waals surface area contributed by atoms with Gasteiger partial charge in [-0.15, -0.1) is 0 Å². The fourth-order valence-electron chi connectivity index (χ4n) is 9.64. The van der Waals surface area contributed by atoms with Crippen LogP contribution >= 0.6 is 0 Å². The van der Waals surface area contributed by atoms with Crippen LogP contribution in [0.4, 0.5) is 0 Å². The lowest BCUT2D eigenvalue weighted by molar-refractivity contribution is 0.670. The van der Waals surface area contributed by atoms with Crippen LogP contribution in [-0.2, 0) is 0 Å². The highest BCUT2D eigenvalue weighted by molar-refractivity contribution is 6.36. The molecule has 0 amide bonds. The summed E-state index contributed by atoms with van der Waals surface area (Å²) in [6, 6.07) is 72.5. The number of nitrogens with zero attached hydrogens (tertiary/aromatic N) is 4. The predicted octanol–water partition coefficient (Wildman–Crippen LogP) is 16.0. The van der Waals surface area contributed by atoms with Gasteiger partial charge in [-0.1, -0.05) is 196 Å². The summed E-state index contributed by atoms with van der Waals surface area (Å²) in [6.07, 6.45) is 0. The van der Waals surface area contributed by atoms with Gasteiger partial charge in [0.05, 0.1) is 16.6 Å². The lowest BCUT2D eigenvalue weighted by Crippen LogP contribution is -2.00. The van der Waals surface area contributed by atoms with E-state index in [0.29, 0.717) is 17.5 Å². The molecule has 13 aromatic rings. The maximum absolute atomic E-state index is 7.16. The van der Waals surface area contributed by atoms with Crippen LogP contribution in [0.1, 0.15) is 13.8 Å². The van der Waals surface area contributed by atoms with E-state index in [1.807, 2.05) is 50.2 Å². The zero-order valence-corrected chi connectivity index (χ0v) is 35.3. The van der Waals surface area contributed by atoms with Crippen LogP contribution in [0.3, 0.4) is 0 Å². The van der Waals surface area contributed by atoms with Crippen LogP contribution in [0.5, 0.6) is 0 Å². The highest BCUT2D eigenvalue weighted by Crippen LogP contribution is 2.48. The molecule has 0 atom stereocenters. The zero-order valence-electron chi connectivity index (χ0n) is 35.3. The van der Waals surface area contributed by atoms with E-state index in [-0.39, 0.29) is 0 Å². The summed E-state index contributed by atoms with van der Waals surface area (Å²) in [5, 5.41) is 9.58. The smallest absolute Gasteiger partial charge is 0.167 e. The van der Waals surface area contributed by atoms with Gasteiger partial charge in [0.15, 0.2) is 17.5 Å². The van der Waals surface area contributed by atoms with Gasteiger partial charge in [0.2, 0.25) is 0 Å². The molecule has 0 bridgehead atoms. The molecule has 0 saturated heterocycles. The summed E-state index contributed by atoms with van der Waals surface area (Å²) >= 11 is 0. The van der Waals surface area contributed by atoms with Crippen molar-refractivity contribution in [3.8, 4) is 62.1 Å². The molecular weight excluding hydrogens is 781 g/mol. The second kappa shape index (κ2) is 15.2. The molecule has 0 saturated carbocycles. The first-order valence-electron chi connectivity index (χ1n) is 21.9. The maximum Gasteiger partial charge on any atom is 0.167 e. The first-order chi connectivity index (χ1) is 31.8. The minimum absolute atomic E-state index is 0.552. The normalized spacial score (nSPS) is 11.6. The third kappa shape index (κ3) is 5.82. The second-order valence-corrected chi connectivity index (χ2v) is 15.9. The van der Waals surface area contributed by atoms with Crippen molar-refractivity contribution in [3.63, 3.8) is 0 Å². The molecule has 0 aliphatic carbocycles. The van der Waals surface area contributed by atoms with E-state index in [4.69, 9.17) is 19.4 Å². The summed E-state index contributed by atoms with van der Waals surface area (Å²) in [4.78, 5) is 15.3. The maximum atomic E-state index is 7.16. The van der Waals surface area contributed by atoms with Crippen LogP contribution in [0.15, 0.2) is 211 Å². The van der Waals surface area contributed by atoms with E-state index in [2.05, 4.69) is 174 Å². The molecule has 3 heterocycles. The van der Waals surface area contributed by atoms with Crippen LogP contribution in [0.25, 0.3) is 127 Å². The van der Waals surface area contributed by atoms with Crippen LogP contribution in [-0.4, -0.2) is 19.5 Å². The number of aromatic nitrogens is 4. The molecule has 0 unspecified atom stereocenters. The number of fused-ring (bicyclic) bond motifs is 6. The highest BCUT2D eigenvalue weighted by atomic mass is 16.3. The van der Waals surface area contributed by atoms with Gasteiger partial charge in [-0.25, -0.2) is 15.0 Å². The predicted molar refractivity (Wildman–Crippen MR) is 266 cm³/mol. The summed E-state index contributed by atoms with van der Waals surface area (Å²) in [7, 11) is 0. The molecule has 10 aromatic carbocycles. The molecule has 5 heteroatoms. The molecule has 5 nitrogen and oxygen atoms in total. The van der Waals surface area contributed by atoms with E-state index in [1.165, 1.54) is 37.8 Å². The van der Waals surface area contributed by atoms with Gasteiger partial charge in [-0.2, -0.15) is 0 Å². The van der Waals surface area contributed by atoms with Crippen molar-refractivity contribution in [2.24, 2.45) is 0 Å². The molecular formula is C59H40N4O. The third-order valence-electron chi connectivity index (χ3n) is 12.4. The van der Waals surface area contributed by atoms with Crippen LogP contribution in [0, 0.1) is 0 Å². The molecule has 0 aliphatic heterocycles. The molecule has 0 fully saturated rings. The van der Waals surface area contributed by atoms with Crippen molar-refractivity contribution in [3.05, 3.63) is 206 Å².